The summed E-state index contributed by atoms with van der Waals surface area (Å²) < 4.78 is 32.6. The van der Waals surface area contributed by atoms with E-state index < -0.39 is 10.0 Å². The van der Waals surface area contributed by atoms with Gasteiger partial charge in [-0.1, -0.05) is 6.07 Å². The van der Waals surface area contributed by atoms with E-state index in [2.05, 4.69) is 16.4 Å². The normalized spacial score (nSPS) is 16.1. The van der Waals surface area contributed by atoms with Crippen LogP contribution in [-0.4, -0.2) is 44.0 Å². The van der Waals surface area contributed by atoms with Crippen molar-refractivity contribution in [2.45, 2.75) is 18.7 Å². The molecular formula is C18H20N4O3S2. The molecule has 27 heavy (non-hydrogen) atoms. The van der Waals surface area contributed by atoms with Gasteiger partial charge in [-0.05, 0) is 31.5 Å². The Kier molecular flexibility index (Phi) is 5.92. The lowest BCUT2D eigenvalue weighted by molar-refractivity contribution is 0.0730. The molecule has 0 saturated carbocycles. The highest BCUT2D eigenvalue weighted by atomic mass is 32.2. The standard InChI is InChI=1S/C18H20N4O3S2/c1-13-3-4-16(20-11-15(10-19)18-21-14(2)12-26-18)9-17(13)27(23,24)22-5-7-25-8-6-22/h3-4,9,11-12,20H,5-8H2,1-2H3/b15-11+. The summed E-state index contributed by atoms with van der Waals surface area (Å²) in [6, 6.07) is 7.25. The van der Waals surface area contributed by atoms with E-state index in [1.807, 2.05) is 12.3 Å². The molecule has 142 valence electrons. The number of ether oxygens (including phenoxy) is 1. The van der Waals surface area contributed by atoms with Gasteiger partial charge in [0.2, 0.25) is 10.0 Å². The van der Waals surface area contributed by atoms with Gasteiger partial charge in [-0.25, -0.2) is 13.4 Å². The summed E-state index contributed by atoms with van der Waals surface area (Å²) in [5.41, 5.74) is 2.51. The van der Waals surface area contributed by atoms with Crippen molar-refractivity contribution in [1.29, 1.82) is 5.26 Å². The van der Waals surface area contributed by atoms with Gasteiger partial charge in [0.05, 0.1) is 18.1 Å². The Labute approximate surface area is 163 Å². The van der Waals surface area contributed by atoms with Crippen LogP contribution in [-0.2, 0) is 14.8 Å². The van der Waals surface area contributed by atoms with Gasteiger partial charge in [0.25, 0.3) is 0 Å². The van der Waals surface area contributed by atoms with Gasteiger partial charge in [0.1, 0.15) is 16.6 Å². The van der Waals surface area contributed by atoms with Gasteiger partial charge in [-0.3, -0.25) is 0 Å². The second-order valence-corrected chi connectivity index (χ2v) is 8.87. The molecule has 0 amide bonds. The molecule has 0 bridgehead atoms. The highest BCUT2D eigenvalue weighted by Crippen LogP contribution is 2.25. The van der Waals surface area contributed by atoms with E-state index in [1.165, 1.54) is 15.6 Å². The number of hydrogen-bond acceptors (Lipinski definition) is 7. The summed E-state index contributed by atoms with van der Waals surface area (Å²) in [5, 5.41) is 14.9. The zero-order valence-electron chi connectivity index (χ0n) is 15.1. The zero-order valence-corrected chi connectivity index (χ0v) is 16.7. The molecule has 0 radical (unpaired) electrons. The van der Waals surface area contributed by atoms with E-state index in [0.29, 0.717) is 48.1 Å². The van der Waals surface area contributed by atoms with Gasteiger partial charge in [0, 0.05) is 36.1 Å². The van der Waals surface area contributed by atoms with Crippen molar-refractivity contribution in [3.63, 3.8) is 0 Å². The van der Waals surface area contributed by atoms with Crippen molar-refractivity contribution in [3.05, 3.63) is 46.0 Å². The number of hydrogen-bond donors (Lipinski definition) is 1. The van der Waals surface area contributed by atoms with Crippen LogP contribution in [0.1, 0.15) is 16.3 Å². The maximum atomic E-state index is 12.9. The highest BCUT2D eigenvalue weighted by Gasteiger charge is 2.27. The monoisotopic (exact) mass is 404 g/mol. The quantitative estimate of drug-likeness (QED) is 0.770. The molecule has 1 fully saturated rings. The second-order valence-electron chi connectivity index (χ2n) is 6.10. The number of aryl methyl sites for hydroxylation is 2. The lowest BCUT2D eigenvalue weighted by Crippen LogP contribution is -2.40. The Morgan fingerprint density at radius 2 is 2.11 bits per heavy atom. The Hall–Kier alpha value is -2.25. The van der Waals surface area contributed by atoms with Crippen LogP contribution in [0.3, 0.4) is 0 Å². The molecular weight excluding hydrogens is 384 g/mol. The first-order valence-electron chi connectivity index (χ1n) is 8.39. The van der Waals surface area contributed by atoms with Crippen molar-refractivity contribution in [3.8, 4) is 6.07 Å². The van der Waals surface area contributed by atoms with Crippen molar-refractivity contribution >= 4 is 32.6 Å². The van der Waals surface area contributed by atoms with Gasteiger partial charge in [-0.15, -0.1) is 11.3 Å². The molecule has 0 atom stereocenters. The fourth-order valence-corrected chi connectivity index (χ4v) is 5.09. The van der Waals surface area contributed by atoms with Crippen LogP contribution in [0.25, 0.3) is 5.57 Å². The minimum atomic E-state index is -3.59. The zero-order chi connectivity index (χ0) is 19.4. The number of rotatable bonds is 5. The largest absolute Gasteiger partial charge is 0.379 e. The third-order valence-corrected chi connectivity index (χ3v) is 7.16. The van der Waals surface area contributed by atoms with Crippen LogP contribution in [0, 0.1) is 25.2 Å². The first-order valence-corrected chi connectivity index (χ1v) is 10.7. The first-order chi connectivity index (χ1) is 12.9. The maximum absolute atomic E-state index is 12.9. The fourth-order valence-electron chi connectivity index (χ4n) is 2.67. The lowest BCUT2D eigenvalue weighted by Gasteiger charge is -2.26. The van der Waals surface area contributed by atoms with Crippen LogP contribution >= 0.6 is 11.3 Å². The van der Waals surface area contributed by atoms with Crippen molar-refractivity contribution in [2.75, 3.05) is 31.6 Å². The Morgan fingerprint density at radius 3 is 2.74 bits per heavy atom. The molecule has 7 nitrogen and oxygen atoms in total. The number of nitriles is 1. The second kappa shape index (κ2) is 8.19. The van der Waals surface area contributed by atoms with Gasteiger partial charge in [-0.2, -0.15) is 9.57 Å². The van der Waals surface area contributed by atoms with E-state index in [-0.39, 0.29) is 4.90 Å². The minimum absolute atomic E-state index is 0.256. The van der Waals surface area contributed by atoms with Crippen molar-refractivity contribution in [1.82, 2.24) is 9.29 Å². The SMILES string of the molecule is Cc1csc(/C(C#N)=C/Nc2ccc(C)c(S(=O)(=O)N3CCOCC3)c2)n1. The Balaban J connectivity index is 1.87. The molecule has 1 aliphatic heterocycles. The molecule has 1 N–H and O–H groups in total. The predicted molar refractivity (Wildman–Crippen MR) is 105 cm³/mol. The average Bonchev–Trinajstić information content (AvgIpc) is 3.10. The topological polar surface area (TPSA) is 95.3 Å². The number of allylic oxidation sites excluding steroid dienone is 1. The van der Waals surface area contributed by atoms with Crippen LogP contribution in [0.4, 0.5) is 5.69 Å². The summed E-state index contributed by atoms with van der Waals surface area (Å²) in [5.74, 6) is 0. The summed E-state index contributed by atoms with van der Waals surface area (Å²) >= 11 is 1.39. The Morgan fingerprint density at radius 1 is 1.37 bits per heavy atom. The number of anilines is 1. The number of nitrogens with zero attached hydrogens (tertiary/aromatic N) is 3. The van der Waals surface area contributed by atoms with Gasteiger partial charge < -0.3 is 10.1 Å². The third-order valence-electron chi connectivity index (χ3n) is 4.13. The smallest absolute Gasteiger partial charge is 0.243 e. The van der Waals surface area contributed by atoms with Crippen LogP contribution in [0.5, 0.6) is 0 Å². The van der Waals surface area contributed by atoms with Gasteiger partial charge in [0.15, 0.2) is 0 Å². The molecule has 2 aromatic rings. The predicted octanol–water partition coefficient (Wildman–Crippen LogP) is 2.76. The van der Waals surface area contributed by atoms with Crippen molar-refractivity contribution in [2.24, 2.45) is 0 Å². The fraction of sp³-hybridized carbons (Fsp3) is 0.333. The lowest BCUT2D eigenvalue weighted by atomic mass is 10.2. The molecule has 0 unspecified atom stereocenters. The number of sulfonamides is 1. The number of aromatic nitrogens is 1. The van der Waals surface area contributed by atoms with Crippen molar-refractivity contribution < 1.29 is 13.2 Å². The van der Waals surface area contributed by atoms with Gasteiger partial charge >= 0.3 is 0 Å². The number of morpholine rings is 1. The molecule has 2 heterocycles. The number of thiazole rings is 1. The molecule has 1 aromatic heterocycles. The molecule has 1 aliphatic rings. The molecule has 1 saturated heterocycles. The van der Waals surface area contributed by atoms with E-state index >= 15 is 0 Å². The van der Waals surface area contributed by atoms with E-state index in [0.717, 1.165) is 5.69 Å². The average molecular weight is 405 g/mol. The molecule has 3 rings (SSSR count). The van der Waals surface area contributed by atoms with E-state index in [9.17, 15) is 13.7 Å². The summed E-state index contributed by atoms with van der Waals surface area (Å²) in [7, 11) is -3.59. The Bertz CT molecular complexity index is 1000. The number of benzene rings is 1. The minimum Gasteiger partial charge on any atom is -0.379 e. The summed E-state index contributed by atoms with van der Waals surface area (Å²) in [6.07, 6.45) is 1.55. The molecule has 0 aliphatic carbocycles. The maximum Gasteiger partial charge on any atom is 0.243 e. The molecule has 9 heteroatoms. The van der Waals surface area contributed by atoms with Crippen LogP contribution in [0.2, 0.25) is 0 Å². The van der Waals surface area contributed by atoms with Crippen LogP contribution in [0.15, 0.2) is 34.7 Å². The first kappa shape index (κ1) is 19.5. The van der Waals surface area contributed by atoms with Crippen LogP contribution < -0.4 is 5.32 Å². The molecule has 0 spiro atoms. The third kappa shape index (κ3) is 4.36. The summed E-state index contributed by atoms with van der Waals surface area (Å²) in [6.45, 7) is 5.13. The van der Waals surface area contributed by atoms with E-state index in [1.54, 1.807) is 31.3 Å². The highest BCUT2D eigenvalue weighted by molar-refractivity contribution is 7.89. The van der Waals surface area contributed by atoms with E-state index in [4.69, 9.17) is 4.74 Å². The number of nitrogens with one attached hydrogen (secondary N) is 1. The molecule has 1 aromatic carbocycles. The summed E-state index contributed by atoms with van der Waals surface area (Å²) in [4.78, 5) is 4.56.